The van der Waals surface area contributed by atoms with Crippen LogP contribution in [0.25, 0.3) is 0 Å². The number of likely N-dealkylation sites (tertiary alicyclic amines) is 1. The third kappa shape index (κ3) is 3.25. The Morgan fingerprint density at radius 2 is 2.43 bits per heavy atom. The Kier molecular flexibility index (Phi) is 4.31. The molecule has 14 heavy (non-hydrogen) atoms. The summed E-state index contributed by atoms with van der Waals surface area (Å²) in [6.45, 7) is 2.59. The highest BCUT2D eigenvalue weighted by Crippen LogP contribution is 2.05. The minimum absolute atomic E-state index is 0.440. The maximum absolute atomic E-state index is 10.7. The molecule has 2 unspecified atom stereocenters. The molecule has 0 saturated carbocycles. The Bertz CT molecular complexity index is 198. The predicted octanol–water partition coefficient (Wildman–Crippen LogP) is -1.05. The van der Waals surface area contributed by atoms with Gasteiger partial charge in [0.1, 0.15) is 6.04 Å². The molecule has 0 amide bonds. The smallest absolute Gasteiger partial charge is 0.322 e. The Morgan fingerprint density at radius 1 is 1.71 bits per heavy atom. The summed E-state index contributed by atoms with van der Waals surface area (Å²) in [7, 11) is 3.75. The van der Waals surface area contributed by atoms with Crippen molar-refractivity contribution >= 4 is 5.97 Å². The van der Waals surface area contributed by atoms with E-state index in [0.29, 0.717) is 12.6 Å². The van der Waals surface area contributed by atoms with Crippen molar-refractivity contribution in [2.75, 3.05) is 33.7 Å². The van der Waals surface area contributed by atoms with E-state index in [9.17, 15) is 4.79 Å². The van der Waals surface area contributed by atoms with Crippen LogP contribution in [0, 0.1) is 0 Å². The lowest BCUT2D eigenvalue weighted by atomic mass is 10.2. The van der Waals surface area contributed by atoms with Gasteiger partial charge in [0, 0.05) is 19.1 Å². The molecule has 1 rings (SSSR count). The minimum Gasteiger partial charge on any atom is -0.480 e. The average molecular weight is 201 g/mol. The summed E-state index contributed by atoms with van der Waals surface area (Å²) in [6, 6.07) is -0.0453. The zero-order chi connectivity index (χ0) is 10.6. The van der Waals surface area contributed by atoms with Crippen LogP contribution in [0.5, 0.6) is 0 Å². The molecule has 0 aliphatic carbocycles. The van der Waals surface area contributed by atoms with Gasteiger partial charge in [0.2, 0.25) is 0 Å². The quantitative estimate of drug-likeness (QED) is 0.530. The molecular formula is C9H19N3O2. The standard InChI is InChI=1S/C9H19N3O2/c1-10-8(9(13)14)5-11-7-3-4-12(2)6-7/h7-8,10-11H,3-6H2,1-2H3,(H,13,14). The molecule has 0 spiro atoms. The molecule has 2 atom stereocenters. The lowest BCUT2D eigenvalue weighted by Crippen LogP contribution is -2.46. The fourth-order valence-electron chi connectivity index (χ4n) is 1.70. The lowest BCUT2D eigenvalue weighted by Gasteiger charge is -2.16. The van der Waals surface area contributed by atoms with E-state index in [2.05, 4.69) is 22.6 Å². The van der Waals surface area contributed by atoms with Crippen molar-refractivity contribution in [1.82, 2.24) is 15.5 Å². The first-order valence-corrected chi connectivity index (χ1v) is 4.95. The van der Waals surface area contributed by atoms with Crippen LogP contribution in [-0.2, 0) is 4.79 Å². The number of nitrogens with one attached hydrogen (secondary N) is 2. The Balaban J connectivity index is 2.22. The summed E-state index contributed by atoms with van der Waals surface area (Å²) in [4.78, 5) is 12.9. The van der Waals surface area contributed by atoms with Crippen molar-refractivity contribution in [2.45, 2.75) is 18.5 Å². The Hall–Kier alpha value is -0.650. The number of carboxylic acids is 1. The Labute approximate surface area is 84.5 Å². The zero-order valence-corrected chi connectivity index (χ0v) is 8.79. The monoisotopic (exact) mass is 201 g/mol. The largest absolute Gasteiger partial charge is 0.480 e. The molecular weight excluding hydrogens is 182 g/mol. The first-order chi connectivity index (χ1) is 6.63. The molecule has 5 nitrogen and oxygen atoms in total. The molecule has 1 saturated heterocycles. The van der Waals surface area contributed by atoms with Gasteiger partial charge in [-0.1, -0.05) is 0 Å². The number of rotatable bonds is 5. The number of nitrogens with zero attached hydrogens (tertiary/aromatic N) is 1. The van der Waals surface area contributed by atoms with Gasteiger partial charge in [-0.3, -0.25) is 4.79 Å². The van der Waals surface area contributed by atoms with Gasteiger partial charge in [-0.25, -0.2) is 0 Å². The van der Waals surface area contributed by atoms with Crippen molar-refractivity contribution in [3.8, 4) is 0 Å². The third-order valence-electron chi connectivity index (χ3n) is 2.65. The number of hydrogen-bond acceptors (Lipinski definition) is 4. The molecule has 0 bridgehead atoms. The number of carboxylic acid groups (broad SMARTS) is 1. The SMILES string of the molecule is CNC(CNC1CCN(C)C1)C(=O)O. The molecule has 1 heterocycles. The van der Waals surface area contributed by atoms with Gasteiger partial charge in [0.15, 0.2) is 0 Å². The van der Waals surface area contributed by atoms with Gasteiger partial charge in [-0.05, 0) is 27.1 Å². The van der Waals surface area contributed by atoms with Crippen molar-refractivity contribution in [3.63, 3.8) is 0 Å². The van der Waals surface area contributed by atoms with Crippen molar-refractivity contribution in [1.29, 1.82) is 0 Å². The zero-order valence-electron chi connectivity index (χ0n) is 8.79. The van der Waals surface area contributed by atoms with Gasteiger partial charge in [0.25, 0.3) is 0 Å². The first-order valence-electron chi connectivity index (χ1n) is 4.95. The highest BCUT2D eigenvalue weighted by Gasteiger charge is 2.21. The number of likely N-dealkylation sites (N-methyl/N-ethyl adjacent to an activating group) is 2. The molecule has 0 aromatic rings. The molecule has 0 radical (unpaired) electrons. The van der Waals surface area contributed by atoms with Crippen LogP contribution in [0.4, 0.5) is 0 Å². The maximum Gasteiger partial charge on any atom is 0.322 e. The van der Waals surface area contributed by atoms with E-state index in [4.69, 9.17) is 5.11 Å². The second-order valence-electron chi connectivity index (χ2n) is 3.84. The van der Waals surface area contributed by atoms with Crippen LogP contribution < -0.4 is 10.6 Å². The van der Waals surface area contributed by atoms with E-state index in [1.54, 1.807) is 7.05 Å². The minimum atomic E-state index is -0.800. The summed E-state index contributed by atoms with van der Waals surface area (Å²) in [5.74, 6) is -0.800. The summed E-state index contributed by atoms with van der Waals surface area (Å²) < 4.78 is 0. The van der Waals surface area contributed by atoms with Gasteiger partial charge < -0.3 is 20.6 Å². The van der Waals surface area contributed by atoms with Crippen LogP contribution in [0.3, 0.4) is 0 Å². The number of hydrogen-bond donors (Lipinski definition) is 3. The topological polar surface area (TPSA) is 64.6 Å². The van der Waals surface area contributed by atoms with Gasteiger partial charge >= 0.3 is 5.97 Å². The average Bonchev–Trinajstić information content (AvgIpc) is 2.52. The van der Waals surface area contributed by atoms with Crippen LogP contribution in [0.1, 0.15) is 6.42 Å². The molecule has 0 aromatic carbocycles. The molecule has 0 aromatic heterocycles. The molecule has 3 N–H and O–H groups in total. The predicted molar refractivity (Wildman–Crippen MR) is 54.4 cm³/mol. The van der Waals surface area contributed by atoms with E-state index >= 15 is 0 Å². The van der Waals surface area contributed by atoms with Crippen LogP contribution in [0.2, 0.25) is 0 Å². The summed E-state index contributed by atoms with van der Waals surface area (Å²) in [6.07, 6.45) is 1.10. The van der Waals surface area contributed by atoms with E-state index < -0.39 is 12.0 Å². The van der Waals surface area contributed by atoms with E-state index in [1.165, 1.54) is 0 Å². The molecule has 5 heteroatoms. The summed E-state index contributed by atoms with van der Waals surface area (Å²) >= 11 is 0. The van der Waals surface area contributed by atoms with Crippen molar-refractivity contribution in [2.24, 2.45) is 0 Å². The lowest BCUT2D eigenvalue weighted by molar-refractivity contribution is -0.139. The van der Waals surface area contributed by atoms with Crippen LogP contribution in [-0.4, -0.2) is 61.8 Å². The van der Waals surface area contributed by atoms with Crippen molar-refractivity contribution in [3.05, 3.63) is 0 Å². The third-order valence-corrected chi connectivity index (χ3v) is 2.65. The normalized spacial score (nSPS) is 25.1. The number of carbonyl (C=O) groups is 1. The molecule has 1 aliphatic heterocycles. The van der Waals surface area contributed by atoms with Gasteiger partial charge in [-0.15, -0.1) is 0 Å². The van der Waals surface area contributed by atoms with E-state index in [-0.39, 0.29) is 0 Å². The van der Waals surface area contributed by atoms with Crippen LogP contribution in [0.15, 0.2) is 0 Å². The van der Waals surface area contributed by atoms with Crippen molar-refractivity contribution < 1.29 is 9.90 Å². The highest BCUT2D eigenvalue weighted by molar-refractivity contribution is 5.73. The van der Waals surface area contributed by atoms with Gasteiger partial charge in [-0.2, -0.15) is 0 Å². The van der Waals surface area contributed by atoms with Crippen LogP contribution >= 0.6 is 0 Å². The highest BCUT2D eigenvalue weighted by atomic mass is 16.4. The maximum atomic E-state index is 10.7. The summed E-state index contributed by atoms with van der Waals surface area (Å²) in [5, 5.41) is 14.8. The Morgan fingerprint density at radius 3 is 2.86 bits per heavy atom. The molecule has 1 aliphatic rings. The summed E-state index contributed by atoms with van der Waals surface area (Å²) in [5.41, 5.74) is 0. The van der Waals surface area contributed by atoms with E-state index in [1.807, 2.05) is 0 Å². The molecule has 1 fully saturated rings. The second-order valence-corrected chi connectivity index (χ2v) is 3.84. The first kappa shape index (κ1) is 11.4. The van der Waals surface area contributed by atoms with E-state index in [0.717, 1.165) is 19.5 Å². The second kappa shape index (κ2) is 5.29. The molecule has 82 valence electrons. The fourth-order valence-corrected chi connectivity index (χ4v) is 1.70. The fraction of sp³-hybridized carbons (Fsp3) is 0.889. The number of aliphatic carboxylic acids is 1. The van der Waals surface area contributed by atoms with Gasteiger partial charge in [0.05, 0.1) is 0 Å².